The standard InChI is InChI=1S/C10H12N2O3/c13-9-5-6-11-10(9)7-1-3-8(4-2-7)12(14)15/h1-4,9-11,13H,5-6H2/t9-,10-/m1/s1. The molecule has 0 aromatic heterocycles. The lowest BCUT2D eigenvalue weighted by molar-refractivity contribution is -0.384. The first-order valence-electron chi connectivity index (χ1n) is 4.84. The van der Waals surface area contributed by atoms with Crippen LogP contribution in [0.15, 0.2) is 24.3 Å². The summed E-state index contributed by atoms with van der Waals surface area (Å²) < 4.78 is 0. The normalized spacial score (nSPS) is 25.4. The van der Waals surface area contributed by atoms with Gasteiger partial charge in [0.15, 0.2) is 0 Å². The third-order valence-corrected chi connectivity index (χ3v) is 2.65. The molecule has 0 radical (unpaired) electrons. The van der Waals surface area contributed by atoms with Crippen molar-refractivity contribution in [1.29, 1.82) is 0 Å². The van der Waals surface area contributed by atoms with E-state index in [1.807, 2.05) is 0 Å². The van der Waals surface area contributed by atoms with Gasteiger partial charge in [-0.05, 0) is 18.5 Å². The van der Waals surface area contributed by atoms with Crippen LogP contribution in [-0.4, -0.2) is 22.7 Å². The molecule has 0 unspecified atom stereocenters. The lowest BCUT2D eigenvalue weighted by atomic mass is 10.0. The van der Waals surface area contributed by atoms with E-state index < -0.39 is 11.0 Å². The van der Waals surface area contributed by atoms with Crippen molar-refractivity contribution in [1.82, 2.24) is 5.32 Å². The summed E-state index contributed by atoms with van der Waals surface area (Å²) >= 11 is 0. The molecule has 1 aliphatic rings. The van der Waals surface area contributed by atoms with E-state index in [9.17, 15) is 15.2 Å². The van der Waals surface area contributed by atoms with Gasteiger partial charge in [-0.25, -0.2) is 0 Å². The zero-order chi connectivity index (χ0) is 10.8. The Morgan fingerprint density at radius 1 is 1.40 bits per heavy atom. The highest BCUT2D eigenvalue weighted by molar-refractivity contribution is 5.34. The van der Waals surface area contributed by atoms with Gasteiger partial charge in [0.05, 0.1) is 17.1 Å². The number of aliphatic hydroxyl groups excluding tert-OH is 1. The monoisotopic (exact) mass is 208 g/mol. The summed E-state index contributed by atoms with van der Waals surface area (Å²) in [6.07, 6.45) is 0.327. The molecule has 2 N–H and O–H groups in total. The molecule has 0 amide bonds. The van der Waals surface area contributed by atoms with Crippen LogP contribution < -0.4 is 5.32 Å². The van der Waals surface area contributed by atoms with Gasteiger partial charge < -0.3 is 10.4 Å². The summed E-state index contributed by atoms with van der Waals surface area (Å²) in [7, 11) is 0. The van der Waals surface area contributed by atoms with Crippen molar-refractivity contribution < 1.29 is 10.0 Å². The van der Waals surface area contributed by atoms with Crippen LogP contribution in [0.5, 0.6) is 0 Å². The predicted octanol–water partition coefficient (Wildman–Crippen LogP) is 0.990. The summed E-state index contributed by atoms with van der Waals surface area (Å²) in [6, 6.07) is 6.20. The molecule has 1 saturated heterocycles. The molecule has 80 valence electrons. The van der Waals surface area contributed by atoms with Gasteiger partial charge >= 0.3 is 0 Å². The quantitative estimate of drug-likeness (QED) is 0.561. The maximum atomic E-state index is 10.4. The first-order chi connectivity index (χ1) is 7.18. The average Bonchev–Trinajstić information content (AvgIpc) is 2.65. The summed E-state index contributed by atoms with van der Waals surface area (Å²) in [4.78, 5) is 10.0. The van der Waals surface area contributed by atoms with Gasteiger partial charge in [-0.1, -0.05) is 12.1 Å². The van der Waals surface area contributed by atoms with Crippen molar-refractivity contribution in [2.45, 2.75) is 18.6 Å². The molecule has 0 bridgehead atoms. The Bertz CT molecular complexity index is 363. The summed E-state index contributed by atoms with van der Waals surface area (Å²) in [6.45, 7) is 0.781. The smallest absolute Gasteiger partial charge is 0.269 e. The van der Waals surface area contributed by atoms with Crippen LogP contribution in [0.1, 0.15) is 18.0 Å². The van der Waals surface area contributed by atoms with Gasteiger partial charge in [-0.3, -0.25) is 10.1 Å². The van der Waals surface area contributed by atoms with Crippen molar-refractivity contribution in [3.8, 4) is 0 Å². The largest absolute Gasteiger partial charge is 0.391 e. The van der Waals surface area contributed by atoms with Crippen LogP contribution in [-0.2, 0) is 0 Å². The molecular formula is C10H12N2O3. The third kappa shape index (κ3) is 1.98. The maximum Gasteiger partial charge on any atom is 0.269 e. The van der Waals surface area contributed by atoms with Crippen molar-refractivity contribution in [3.63, 3.8) is 0 Å². The van der Waals surface area contributed by atoms with Crippen LogP contribution in [0.2, 0.25) is 0 Å². The topological polar surface area (TPSA) is 75.4 Å². The van der Waals surface area contributed by atoms with E-state index in [0.29, 0.717) is 0 Å². The lowest BCUT2D eigenvalue weighted by Crippen LogP contribution is -2.20. The summed E-state index contributed by atoms with van der Waals surface area (Å²) in [5.74, 6) is 0. The molecule has 2 atom stereocenters. The first-order valence-corrected chi connectivity index (χ1v) is 4.84. The number of hydrogen-bond acceptors (Lipinski definition) is 4. The molecular weight excluding hydrogens is 196 g/mol. The number of non-ortho nitro benzene ring substituents is 1. The molecule has 1 aliphatic heterocycles. The van der Waals surface area contributed by atoms with Crippen molar-refractivity contribution >= 4 is 5.69 Å². The molecule has 0 aliphatic carbocycles. The number of nitrogens with one attached hydrogen (secondary N) is 1. The van der Waals surface area contributed by atoms with Gasteiger partial charge in [0.1, 0.15) is 0 Å². The molecule has 5 nitrogen and oxygen atoms in total. The van der Waals surface area contributed by atoms with Gasteiger partial charge in [0.25, 0.3) is 5.69 Å². The van der Waals surface area contributed by atoms with Crippen LogP contribution in [0, 0.1) is 10.1 Å². The van der Waals surface area contributed by atoms with Gasteiger partial charge in [0.2, 0.25) is 0 Å². The van der Waals surface area contributed by atoms with Crippen LogP contribution in [0.4, 0.5) is 5.69 Å². The molecule has 1 aromatic carbocycles. The lowest BCUT2D eigenvalue weighted by Gasteiger charge is -2.14. The second-order valence-corrected chi connectivity index (χ2v) is 3.64. The highest BCUT2D eigenvalue weighted by atomic mass is 16.6. The minimum atomic E-state index is -0.428. The fraction of sp³-hybridized carbons (Fsp3) is 0.400. The SMILES string of the molecule is O=[N+]([O-])c1ccc([C@H]2NCC[C@H]2O)cc1. The van der Waals surface area contributed by atoms with Crippen molar-refractivity contribution in [2.24, 2.45) is 0 Å². The van der Waals surface area contributed by atoms with E-state index in [2.05, 4.69) is 5.32 Å². The van der Waals surface area contributed by atoms with E-state index in [1.165, 1.54) is 12.1 Å². The Labute approximate surface area is 86.9 Å². The van der Waals surface area contributed by atoms with E-state index in [1.54, 1.807) is 12.1 Å². The van der Waals surface area contributed by atoms with Crippen LogP contribution >= 0.6 is 0 Å². The second kappa shape index (κ2) is 3.96. The Morgan fingerprint density at radius 3 is 2.53 bits per heavy atom. The average molecular weight is 208 g/mol. The number of rotatable bonds is 2. The van der Waals surface area contributed by atoms with E-state index in [0.717, 1.165) is 18.5 Å². The Balaban J connectivity index is 2.19. The number of nitro groups is 1. The van der Waals surface area contributed by atoms with E-state index in [4.69, 9.17) is 0 Å². The Morgan fingerprint density at radius 2 is 2.07 bits per heavy atom. The van der Waals surface area contributed by atoms with Gasteiger partial charge in [-0.2, -0.15) is 0 Å². The molecule has 2 rings (SSSR count). The number of nitrogens with zero attached hydrogens (tertiary/aromatic N) is 1. The Hall–Kier alpha value is -1.46. The third-order valence-electron chi connectivity index (χ3n) is 2.65. The zero-order valence-electron chi connectivity index (χ0n) is 8.09. The maximum absolute atomic E-state index is 10.4. The number of hydrogen-bond donors (Lipinski definition) is 2. The summed E-state index contributed by atoms with van der Waals surface area (Å²) in [5, 5.41) is 23.2. The zero-order valence-corrected chi connectivity index (χ0v) is 8.09. The molecule has 0 saturated carbocycles. The minimum Gasteiger partial charge on any atom is -0.391 e. The molecule has 1 aromatic rings. The number of aliphatic hydroxyl groups is 1. The predicted molar refractivity (Wildman–Crippen MR) is 54.5 cm³/mol. The van der Waals surface area contributed by atoms with E-state index >= 15 is 0 Å². The van der Waals surface area contributed by atoms with Crippen molar-refractivity contribution in [2.75, 3.05) is 6.54 Å². The van der Waals surface area contributed by atoms with Crippen LogP contribution in [0.25, 0.3) is 0 Å². The molecule has 1 fully saturated rings. The highest BCUT2D eigenvalue weighted by Gasteiger charge is 2.26. The molecule has 0 spiro atoms. The van der Waals surface area contributed by atoms with Gasteiger partial charge in [0, 0.05) is 12.1 Å². The van der Waals surface area contributed by atoms with E-state index in [-0.39, 0.29) is 11.7 Å². The molecule has 5 heteroatoms. The first kappa shape index (κ1) is 10.1. The summed E-state index contributed by atoms with van der Waals surface area (Å²) in [5.41, 5.74) is 0.969. The van der Waals surface area contributed by atoms with Crippen LogP contribution in [0.3, 0.4) is 0 Å². The Kier molecular flexibility index (Phi) is 2.66. The number of nitro benzene ring substituents is 1. The minimum absolute atomic E-state index is 0.0752. The molecule has 15 heavy (non-hydrogen) atoms. The van der Waals surface area contributed by atoms with Crippen molar-refractivity contribution in [3.05, 3.63) is 39.9 Å². The second-order valence-electron chi connectivity index (χ2n) is 3.64. The molecule has 1 heterocycles. The fourth-order valence-corrected chi connectivity index (χ4v) is 1.83. The highest BCUT2D eigenvalue weighted by Crippen LogP contribution is 2.25. The fourth-order valence-electron chi connectivity index (χ4n) is 1.83. The van der Waals surface area contributed by atoms with Gasteiger partial charge in [-0.15, -0.1) is 0 Å². The number of benzene rings is 1.